The van der Waals surface area contributed by atoms with Crippen LogP contribution in [0.2, 0.25) is 5.02 Å². The second-order valence-electron chi connectivity index (χ2n) is 6.52. The lowest BCUT2D eigenvalue weighted by Gasteiger charge is -2.09. The van der Waals surface area contributed by atoms with Gasteiger partial charge in [-0.05, 0) is 66.1 Å². The summed E-state index contributed by atoms with van der Waals surface area (Å²) in [6, 6.07) is 20.2. The Balaban J connectivity index is 1.67. The monoisotopic (exact) mass is 420 g/mol. The SMILES string of the molecule is Cc1c(Cl)cccc1NC(=O)/C(C#N)=C/c1ccc(OCc2cccc(F)c2)cc1. The van der Waals surface area contributed by atoms with Gasteiger partial charge < -0.3 is 10.1 Å². The van der Waals surface area contributed by atoms with Crippen molar-refractivity contribution in [3.05, 3.63) is 99.8 Å². The number of nitrogens with one attached hydrogen (secondary N) is 1. The molecule has 30 heavy (non-hydrogen) atoms. The highest BCUT2D eigenvalue weighted by molar-refractivity contribution is 6.31. The molecular weight excluding hydrogens is 403 g/mol. The molecule has 0 aliphatic heterocycles. The molecule has 0 radical (unpaired) electrons. The summed E-state index contributed by atoms with van der Waals surface area (Å²) in [6.07, 6.45) is 1.49. The zero-order chi connectivity index (χ0) is 21.5. The molecule has 0 saturated carbocycles. The molecule has 0 aromatic heterocycles. The summed E-state index contributed by atoms with van der Waals surface area (Å²) < 4.78 is 18.9. The van der Waals surface area contributed by atoms with Gasteiger partial charge in [0.05, 0.1) is 0 Å². The molecule has 0 saturated heterocycles. The topological polar surface area (TPSA) is 62.1 Å². The minimum Gasteiger partial charge on any atom is -0.489 e. The first-order valence-corrected chi connectivity index (χ1v) is 9.49. The number of ether oxygens (including phenoxy) is 1. The number of anilines is 1. The van der Waals surface area contributed by atoms with Crippen molar-refractivity contribution in [3.63, 3.8) is 0 Å². The molecule has 0 bridgehead atoms. The first-order valence-electron chi connectivity index (χ1n) is 9.12. The fourth-order valence-corrected chi connectivity index (χ4v) is 2.88. The number of hydrogen-bond donors (Lipinski definition) is 1. The van der Waals surface area contributed by atoms with Crippen LogP contribution in [0.3, 0.4) is 0 Å². The summed E-state index contributed by atoms with van der Waals surface area (Å²) in [5.74, 6) is -0.241. The van der Waals surface area contributed by atoms with Crippen LogP contribution in [0.1, 0.15) is 16.7 Å². The van der Waals surface area contributed by atoms with E-state index in [0.717, 1.165) is 11.1 Å². The van der Waals surface area contributed by atoms with E-state index in [4.69, 9.17) is 16.3 Å². The molecule has 150 valence electrons. The summed E-state index contributed by atoms with van der Waals surface area (Å²) in [7, 11) is 0. The highest BCUT2D eigenvalue weighted by Crippen LogP contribution is 2.23. The Morgan fingerprint density at radius 2 is 1.90 bits per heavy atom. The van der Waals surface area contributed by atoms with Gasteiger partial charge in [-0.25, -0.2) is 4.39 Å². The van der Waals surface area contributed by atoms with Crippen molar-refractivity contribution in [2.45, 2.75) is 13.5 Å². The predicted octanol–water partition coefficient (Wildman–Crippen LogP) is 5.91. The number of carbonyl (C=O) groups excluding carboxylic acids is 1. The lowest BCUT2D eigenvalue weighted by Crippen LogP contribution is -2.14. The molecule has 0 spiro atoms. The van der Waals surface area contributed by atoms with E-state index >= 15 is 0 Å². The van der Waals surface area contributed by atoms with Crippen LogP contribution in [0.5, 0.6) is 5.75 Å². The Bertz CT molecular complexity index is 1130. The Morgan fingerprint density at radius 1 is 1.17 bits per heavy atom. The molecule has 0 aliphatic carbocycles. The van der Waals surface area contributed by atoms with Crippen LogP contribution < -0.4 is 10.1 Å². The van der Waals surface area contributed by atoms with Crippen molar-refractivity contribution in [2.75, 3.05) is 5.32 Å². The fraction of sp³-hybridized carbons (Fsp3) is 0.0833. The molecule has 0 atom stereocenters. The third-order valence-electron chi connectivity index (χ3n) is 4.37. The highest BCUT2D eigenvalue weighted by Gasteiger charge is 2.12. The normalized spacial score (nSPS) is 10.9. The van der Waals surface area contributed by atoms with Gasteiger partial charge in [0.2, 0.25) is 0 Å². The molecule has 4 nitrogen and oxygen atoms in total. The van der Waals surface area contributed by atoms with Gasteiger partial charge in [-0.1, -0.05) is 41.9 Å². The molecule has 3 aromatic carbocycles. The lowest BCUT2D eigenvalue weighted by atomic mass is 10.1. The first-order chi connectivity index (χ1) is 14.5. The zero-order valence-electron chi connectivity index (χ0n) is 16.2. The Labute approximate surface area is 179 Å². The van der Waals surface area contributed by atoms with Gasteiger partial charge in [0.25, 0.3) is 5.91 Å². The summed E-state index contributed by atoms with van der Waals surface area (Å²) >= 11 is 6.07. The number of nitrogens with zero attached hydrogens (tertiary/aromatic N) is 1. The highest BCUT2D eigenvalue weighted by atomic mass is 35.5. The predicted molar refractivity (Wildman–Crippen MR) is 116 cm³/mol. The van der Waals surface area contributed by atoms with Gasteiger partial charge in [-0.2, -0.15) is 5.26 Å². The zero-order valence-corrected chi connectivity index (χ0v) is 16.9. The van der Waals surface area contributed by atoms with Gasteiger partial charge >= 0.3 is 0 Å². The molecule has 3 aromatic rings. The smallest absolute Gasteiger partial charge is 0.266 e. The number of hydrogen-bond acceptors (Lipinski definition) is 3. The van der Waals surface area contributed by atoms with Crippen molar-refractivity contribution in [1.29, 1.82) is 5.26 Å². The van der Waals surface area contributed by atoms with Crippen LogP contribution in [0.15, 0.2) is 72.3 Å². The van der Waals surface area contributed by atoms with Gasteiger partial charge in [-0.3, -0.25) is 4.79 Å². The summed E-state index contributed by atoms with van der Waals surface area (Å²) in [4.78, 5) is 12.5. The van der Waals surface area contributed by atoms with Crippen LogP contribution >= 0.6 is 11.6 Å². The van der Waals surface area contributed by atoms with Crippen molar-refractivity contribution in [1.82, 2.24) is 0 Å². The number of halogens is 2. The summed E-state index contributed by atoms with van der Waals surface area (Å²) in [5.41, 5.74) is 2.63. The third kappa shape index (κ3) is 5.47. The molecule has 0 unspecified atom stereocenters. The van der Waals surface area contributed by atoms with Crippen molar-refractivity contribution >= 4 is 29.3 Å². The number of nitriles is 1. The van der Waals surface area contributed by atoms with Crippen molar-refractivity contribution in [3.8, 4) is 11.8 Å². The lowest BCUT2D eigenvalue weighted by molar-refractivity contribution is -0.112. The van der Waals surface area contributed by atoms with E-state index in [-0.39, 0.29) is 18.0 Å². The maximum Gasteiger partial charge on any atom is 0.266 e. The maximum absolute atomic E-state index is 13.2. The van der Waals surface area contributed by atoms with E-state index in [1.807, 2.05) is 6.07 Å². The van der Waals surface area contributed by atoms with Gasteiger partial charge in [0, 0.05) is 10.7 Å². The number of amides is 1. The molecule has 0 aliphatic rings. The average Bonchev–Trinajstić information content (AvgIpc) is 2.74. The van der Waals surface area contributed by atoms with Gasteiger partial charge in [0.1, 0.15) is 29.8 Å². The molecule has 6 heteroatoms. The number of rotatable bonds is 6. The van der Waals surface area contributed by atoms with Gasteiger partial charge in [-0.15, -0.1) is 0 Å². The van der Waals surface area contributed by atoms with E-state index in [0.29, 0.717) is 22.0 Å². The Hall–Kier alpha value is -3.62. The standard InChI is InChI=1S/C24H18ClFN2O2/c1-16-22(25)6-3-7-23(16)28-24(29)19(14-27)12-17-8-10-21(11-9-17)30-15-18-4-2-5-20(26)13-18/h2-13H,15H2,1H3,(H,28,29)/b19-12+. The van der Waals surface area contributed by atoms with E-state index < -0.39 is 5.91 Å². The van der Waals surface area contributed by atoms with Crippen LogP contribution in [-0.4, -0.2) is 5.91 Å². The van der Waals surface area contributed by atoms with Crippen LogP contribution in [0.4, 0.5) is 10.1 Å². The van der Waals surface area contributed by atoms with Crippen LogP contribution in [0, 0.1) is 24.1 Å². The molecular formula is C24H18ClFN2O2. The minimum atomic E-state index is -0.519. The molecule has 1 amide bonds. The van der Waals surface area contributed by atoms with Crippen LogP contribution in [0.25, 0.3) is 6.08 Å². The number of carbonyl (C=O) groups is 1. The van der Waals surface area contributed by atoms with E-state index in [2.05, 4.69) is 5.32 Å². The fourth-order valence-electron chi connectivity index (χ4n) is 2.70. The Kier molecular flexibility index (Phi) is 6.84. The van der Waals surface area contributed by atoms with Crippen molar-refractivity contribution in [2.24, 2.45) is 0 Å². The minimum absolute atomic E-state index is 0.0391. The average molecular weight is 421 g/mol. The van der Waals surface area contributed by atoms with E-state index in [9.17, 15) is 14.4 Å². The molecule has 1 N–H and O–H groups in total. The molecule has 0 heterocycles. The summed E-state index contributed by atoms with van der Waals surface area (Å²) in [6.45, 7) is 2.02. The largest absolute Gasteiger partial charge is 0.489 e. The summed E-state index contributed by atoms with van der Waals surface area (Å²) in [5, 5.41) is 12.6. The first kappa shape index (κ1) is 21.1. The third-order valence-corrected chi connectivity index (χ3v) is 4.78. The molecule has 3 rings (SSSR count). The van der Waals surface area contributed by atoms with Crippen LogP contribution in [-0.2, 0) is 11.4 Å². The second kappa shape index (κ2) is 9.73. The quantitative estimate of drug-likeness (QED) is 0.398. The molecule has 0 fully saturated rings. The van der Waals surface area contributed by atoms with Gasteiger partial charge in [0.15, 0.2) is 0 Å². The Morgan fingerprint density at radius 3 is 2.60 bits per heavy atom. The number of benzene rings is 3. The maximum atomic E-state index is 13.2. The van der Waals surface area contributed by atoms with E-state index in [1.54, 1.807) is 61.5 Å². The second-order valence-corrected chi connectivity index (χ2v) is 6.93. The van der Waals surface area contributed by atoms with Crippen molar-refractivity contribution < 1.29 is 13.9 Å². The van der Waals surface area contributed by atoms with E-state index in [1.165, 1.54) is 18.2 Å².